The van der Waals surface area contributed by atoms with Crippen molar-refractivity contribution in [3.8, 4) is 0 Å². The second kappa shape index (κ2) is 8.62. The first-order valence-corrected chi connectivity index (χ1v) is 10.8. The van der Waals surface area contributed by atoms with Crippen molar-refractivity contribution in [1.82, 2.24) is 4.98 Å². The number of benzene rings is 1. The molecule has 2 heterocycles. The third-order valence-corrected chi connectivity index (χ3v) is 6.77. The van der Waals surface area contributed by atoms with Crippen LogP contribution in [0.1, 0.15) is 26.5 Å². The van der Waals surface area contributed by atoms with Gasteiger partial charge in [-0.2, -0.15) is 0 Å². The molecule has 0 atom stereocenters. The van der Waals surface area contributed by atoms with Crippen molar-refractivity contribution >= 4 is 51.8 Å². The fraction of sp³-hybridized carbons (Fsp3) is 0.211. The molecule has 26 heavy (non-hydrogen) atoms. The first-order chi connectivity index (χ1) is 12.5. The summed E-state index contributed by atoms with van der Waals surface area (Å²) in [5.41, 5.74) is 3.86. The molecule has 0 aliphatic rings. The Bertz CT molecular complexity index is 917. The third kappa shape index (κ3) is 5.03. The number of nitrogens with zero attached hydrogens (tertiary/aromatic N) is 1. The highest BCUT2D eigenvalue weighted by Crippen LogP contribution is 2.25. The van der Waals surface area contributed by atoms with Gasteiger partial charge in [-0.15, -0.1) is 22.7 Å². The lowest BCUT2D eigenvalue weighted by Gasteiger charge is -2.06. The number of aryl methyl sites for hydroxylation is 2. The van der Waals surface area contributed by atoms with Gasteiger partial charge in [0.15, 0.2) is 10.1 Å². The van der Waals surface area contributed by atoms with Crippen LogP contribution in [0.25, 0.3) is 0 Å². The maximum absolute atomic E-state index is 12.2. The predicted octanol–water partition coefficient (Wildman–Crippen LogP) is 4.98. The molecule has 0 saturated heterocycles. The first kappa shape index (κ1) is 18.8. The van der Waals surface area contributed by atoms with E-state index in [1.807, 2.05) is 54.9 Å². The van der Waals surface area contributed by atoms with Gasteiger partial charge in [0.1, 0.15) is 0 Å². The second-order valence-electron chi connectivity index (χ2n) is 5.82. The summed E-state index contributed by atoms with van der Waals surface area (Å²) in [7, 11) is 0. The van der Waals surface area contributed by atoms with Crippen molar-refractivity contribution in [3.63, 3.8) is 0 Å². The summed E-state index contributed by atoms with van der Waals surface area (Å²) in [5, 5.41) is 6.67. The van der Waals surface area contributed by atoms with E-state index >= 15 is 0 Å². The Morgan fingerprint density at radius 2 is 2.00 bits per heavy atom. The molecule has 3 aromatic rings. The molecule has 7 heteroatoms. The molecule has 1 amide bonds. The molecule has 134 valence electrons. The Labute approximate surface area is 164 Å². The number of aromatic nitrogens is 1. The average molecular weight is 403 g/mol. The normalized spacial score (nSPS) is 10.7. The number of ketones is 1. The molecule has 0 aliphatic heterocycles. The Morgan fingerprint density at radius 1 is 1.15 bits per heavy atom. The van der Waals surface area contributed by atoms with Gasteiger partial charge in [0.25, 0.3) is 0 Å². The highest BCUT2D eigenvalue weighted by molar-refractivity contribution is 8.01. The fourth-order valence-corrected chi connectivity index (χ4v) is 4.74. The van der Waals surface area contributed by atoms with Gasteiger partial charge in [-0.25, -0.2) is 4.98 Å². The van der Waals surface area contributed by atoms with Crippen molar-refractivity contribution < 1.29 is 9.59 Å². The van der Waals surface area contributed by atoms with E-state index in [4.69, 9.17) is 0 Å². The van der Waals surface area contributed by atoms with E-state index in [-0.39, 0.29) is 18.1 Å². The zero-order valence-corrected chi connectivity index (χ0v) is 16.9. The number of rotatable bonds is 7. The van der Waals surface area contributed by atoms with Gasteiger partial charge in [0.05, 0.1) is 22.7 Å². The van der Waals surface area contributed by atoms with Crippen molar-refractivity contribution in [2.75, 3.05) is 11.1 Å². The van der Waals surface area contributed by atoms with E-state index in [0.29, 0.717) is 5.75 Å². The van der Waals surface area contributed by atoms with Gasteiger partial charge in [0, 0.05) is 11.1 Å². The molecule has 0 fully saturated rings. The predicted molar refractivity (Wildman–Crippen MR) is 110 cm³/mol. The monoisotopic (exact) mass is 402 g/mol. The van der Waals surface area contributed by atoms with E-state index in [2.05, 4.69) is 10.3 Å². The van der Waals surface area contributed by atoms with E-state index in [1.54, 1.807) is 0 Å². The van der Waals surface area contributed by atoms with Gasteiger partial charge in [-0.1, -0.05) is 23.9 Å². The number of amides is 1. The highest BCUT2D eigenvalue weighted by atomic mass is 32.2. The Hall–Kier alpha value is -1.96. The fourth-order valence-electron chi connectivity index (χ4n) is 2.26. The number of hydrogen-bond acceptors (Lipinski definition) is 6. The number of thioether (sulfide) groups is 1. The van der Waals surface area contributed by atoms with E-state index in [1.165, 1.54) is 40.0 Å². The second-order valence-corrected chi connectivity index (χ2v) is 8.85. The lowest BCUT2D eigenvalue weighted by molar-refractivity contribution is -0.115. The van der Waals surface area contributed by atoms with Crippen LogP contribution in [-0.2, 0) is 11.2 Å². The highest BCUT2D eigenvalue weighted by Gasteiger charge is 2.12. The van der Waals surface area contributed by atoms with Crippen LogP contribution < -0.4 is 5.32 Å². The SMILES string of the molecule is Cc1ccc(NC(=O)Cc2csc(SCC(=O)c3cccs3)n2)cc1C. The summed E-state index contributed by atoms with van der Waals surface area (Å²) in [6, 6.07) is 9.56. The smallest absolute Gasteiger partial charge is 0.230 e. The maximum atomic E-state index is 12.2. The molecule has 4 nitrogen and oxygen atoms in total. The zero-order chi connectivity index (χ0) is 18.5. The first-order valence-electron chi connectivity index (χ1n) is 8.02. The molecular weight excluding hydrogens is 384 g/mol. The van der Waals surface area contributed by atoms with Crippen LogP contribution in [0.2, 0.25) is 0 Å². The molecule has 0 unspecified atom stereocenters. The molecule has 0 radical (unpaired) electrons. The van der Waals surface area contributed by atoms with Crippen LogP contribution >= 0.6 is 34.4 Å². The minimum absolute atomic E-state index is 0.0928. The third-order valence-electron chi connectivity index (χ3n) is 3.79. The van der Waals surface area contributed by atoms with Gasteiger partial charge in [-0.3, -0.25) is 9.59 Å². The number of Topliss-reactive ketones (excluding diaryl/α,β-unsaturated/α-hetero) is 1. The maximum Gasteiger partial charge on any atom is 0.230 e. The molecule has 0 aliphatic carbocycles. The van der Waals surface area contributed by atoms with Crippen LogP contribution in [0, 0.1) is 13.8 Å². The number of thiazole rings is 1. The van der Waals surface area contributed by atoms with Crippen LogP contribution in [0.15, 0.2) is 45.4 Å². The van der Waals surface area contributed by atoms with Gasteiger partial charge < -0.3 is 5.32 Å². The summed E-state index contributed by atoms with van der Waals surface area (Å²) < 4.78 is 0.809. The summed E-state index contributed by atoms with van der Waals surface area (Å²) in [6.07, 6.45) is 0.225. The molecule has 0 spiro atoms. The minimum atomic E-state index is -0.0928. The molecular formula is C19H18N2O2S3. The molecule has 0 bridgehead atoms. The van der Waals surface area contributed by atoms with Gasteiger partial charge >= 0.3 is 0 Å². The zero-order valence-electron chi connectivity index (χ0n) is 14.4. The van der Waals surface area contributed by atoms with Crippen molar-refractivity contribution in [2.45, 2.75) is 24.6 Å². The topological polar surface area (TPSA) is 59.1 Å². The van der Waals surface area contributed by atoms with E-state index in [0.717, 1.165) is 26.2 Å². The lowest BCUT2D eigenvalue weighted by atomic mass is 10.1. The Kier molecular flexibility index (Phi) is 6.24. The molecule has 3 rings (SSSR count). The van der Waals surface area contributed by atoms with Crippen LogP contribution in [0.3, 0.4) is 0 Å². The summed E-state index contributed by atoms with van der Waals surface area (Å²) >= 11 is 4.33. The Balaban J connectivity index is 1.52. The summed E-state index contributed by atoms with van der Waals surface area (Å²) in [5.74, 6) is 0.376. The van der Waals surface area contributed by atoms with Gasteiger partial charge in [-0.05, 0) is 48.6 Å². The van der Waals surface area contributed by atoms with E-state index in [9.17, 15) is 9.59 Å². The summed E-state index contributed by atoms with van der Waals surface area (Å²) in [4.78, 5) is 29.4. The number of thiophene rings is 1. The lowest BCUT2D eigenvalue weighted by Crippen LogP contribution is -2.14. The van der Waals surface area contributed by atoms with Crippen LogP contribution in [-0.4, -0.2) is 22.4 Å². The standard InChI is InChI=1S/C19H18N2O2S3/c1-12-5-6-14(8-13(12)2)20-18(23)9-15-10-25-19(21-15)26-11-16(22)17-4-3-7-24-17/h3-8,10H,9,11H2,1-2H3,(H,20,23). The van der Waals surface area contributed by atoms with Crippen LogP contribution in [0.4, 0.5) is 5.69 Å². The van der Waals surface area contributed by atoms with Crippen molar-refractivity contribution in [3.05, 3.63) is 62.8 Å². The number of carbonyl (C=O) groups is 2. The van der Waals surface area contributed by atoms with E-state index < -0.39 is 0 Å². The van der Waals surface area contributed by atoms with Crippen LogP contribution in [0.5, 0.6) is 0 Å². The molecule has 1 aromatic carbocycles. The van der Waals surface area contributed by atoms with Crippen molar-refractivity contribution in [1.29, 1.82) is 0 Å². The Morgan fingerprint density at radius 3 is 2.73 bits per heavy atom. The van der Waals surface area contributed by atoms with Crippen molar-refractivity contribution in [2.24, 2.45) is 0 Å². The molecule has 1 N–H and O–H groups in total. The molecule has 0 saturated carbocycles. The number of hydrogen-bond donors (Lipinski definition) is 1. The quantitative estimate of drug-likeness (QED) is 0.447. The van der Waals surface area contributed by atoms with Gasteiger partial charge in [0.2, 0.25) is 5.91 Å². The number of anilines is 1. The average Bonchev–Trinajstić information content (AvgIpc) is 3.28. The minimum Gasteiger partial charge on any atom is -0.326 e. The molecule has 2 aromatic heterocycles. The number of carbonyl (C=O) groups excluding carboxylic acids is 2. The summed E-state index contributed by atoms with van der Waals surface area (Å²) in [6.45, 7) is 4.06. The number of nitrogens with one attached hydrogen (secondary N) is 1. The largest absolute Gasteiger partial charge is 0.326 e.